The van der Waals surface area contributed by atoms with Crippen LogP contribution in [0.1, 0.15) is 21.5 Å². The van der Waals surface area contributed by atoms with Crippen molar-refractivity contribution < 1.29 is 14.3 Å². The van der Waals surface area contributed by atoms with Gasteiger partial charge in [0, 0.05) is 17.4 Å². The van der Waals surface area contributed by atoms with Gasteiger partial charge in [-0.05, 0) is 53.6 Å². The van der Waals surface area contributed by atoms with Crippen molar-refractivity contribution in [1.82, 2.24) is 4.98 Å². The minimum atomic E-state index is -0.513. The van der Waals surface area contributed by atoms with Crippen molar-refractivity contribution in [2.75, 3.05) is 7.11 Å². The largest absolute Gasteiger partial charge is 0.493 e. The van der Waals surface area contributed by atoms with Gasteiger partial charge in [0.2, 0.25) is 0 Å². The van der Waals surface area contributed by atoms with Gasteiger partial charge in [-0.15, -0.1) is 0 Å². The van der Waals surface area contributed by atoms with Gasteiger partial charge in [0.1, 0.15) is 0 Å². The fraction of sp³-hybridized carbons (Fsp3) is 0.0455. The fourth-order valence-electron chi connectivity index (χ4n) is 2.51. The van der Waals surface area contributed by atoms with E-state index in [4.69, 9.17) is 21.1 Å². The van der Waals surface area contributed by atoms with Gasteiger partial charge in [0.05, 0.1) is 24.3 Å². The molecule has 1 aromatic heterocycles. The molecule has 2 aromatic carbocycles. The summed E-state index contributed by atoms with van der Waals surface area (Å²) in [6.45, 7) is 0. The highest BCUT2D eigenvalue weighted by Gasteiger charge is 2.13. The molecule has 0 saturated heterocycles. The number of ether oxygens (including phenoxy) is 2. The molecule has 1 heterocycles. The Balaban J connectivity index is 1.88. The predicted octanol–water partition coefficient (Wildman–Crippen LogP) is 5.03. The number of allylic oxidation sites excluding steroid dienone is 1. The lowest BCUT2D eigenvalue weighted by molar-refractivity contribution is 0.0729. The Labute approximate surface area is 167 Å². The number of rotatable bonds is 5. The number of hydrogen-bond acceptors (Lipinski definition) is 5. The molecule has 0 unspecified atom stereocenters. The molecular weight excluding hydrogens is 376 g/mol. The van der Waals surface area contributed by atoms with Crippen molar-refractivity contribution in [3.63, 3.8) is 0 Å². The molecule has 3 rings (SSSR count). The molecule has 0 bridgehead atoms. The molecule has 0 radical (unpaired) electrons. The zero-order valence-corrected chi connectivity index (χ0v) is 15.7. The lowest BCUT2D eigenvalue weighted by Crippen LogP contribution is -2.09. The predicted molar refractivity (Wildman–Crippen MR) is 107 cm³/mol. The van der Waals surface area contributed by atoms with Crippen LogP contribution >= 0.6 is 11.6 Å². The zero-order chi connectivity index (χ0) is 19.9. The summed E-state index contributed by atoms with van der Waals surface area (Å²) in [7, 11) is 1.48. The smallest absolute Gasteiger partial charge is 0.343 e. The summed E-state index contributed by atoms with van der Waals surface area (Å²) in [6, 6.07) is 17.4. The molecule has 0 saturated carbocycles. The summed E-state index contributed by atoms with van der Waals surface area (Å²) in [6.07, 6.45) is 4.74. The van der Waals surface area contributed by atoms with Crippen LogP contribution < -0.4 is 9.47 Å². The van der Waals surface area contributed by atoms with E-state index < -0.39 is 5.97 Å². The van der Waals surface area contributed by atoms with Gasteiger partial charge < -0.3 is 9.47 Å². The Morgan fingerprint density at radius 2 is 1.86 bits per heavy atom. The second-order valence-corrected chi connectivity index (χ2v) is 6.15. The second kappa shape index (κ2) is 8.85. The van der Waals surface area contributed by atoms with Gasteiger partial charge in [0.15, 0.2) is 11.5 Å². The summed E-state index contributed by atoms with van der Waals surface area (Å²) in [4.78, 5) is 16.1. The summed E-state index contributed by atoms with van der Waals surface area (Å²) < 4.78 is 10.8. The summed E-state index contributed by atoms with van der Waals surface area (Å²) in [5, 5.41) is 10.0. The average Bonchev–Trinajstić information content (AvgIpc) is 2.73. The maximum Gasteiger partial charge on any atom is 0.343 e. The first-order chi connectivity index (χ1) is 13.6. The van der Waals surface area contributed by atoms with Crippen LogP contribution in [0.4, 0.5) is 0 Å². The van der Waals surface area contributed by atoms with E-state index in [1.165, 1.54) is 19.5 Å². The third kappa shape index (κ3) is 4.56. The number of methoxy groups -OCH3 is 1. The van der Waals surface area contributed by atoms with E-state index in [1.807, 2.05) is 6.07 Å². The molecule has 0 atom stereocenters. The number of pyridine rings is 1. The maximum absolute atomic E-state index is 12.2. The number of nitrogens with zero attached hydrogens (tertiary/aromatic N) is 2. The standard InChI is InChI=1S/C22H15ClN2O3/c1-27-21-12-15(11-18(14-24)17-3-2-4-19(23)13-17)5-6-20(21)28-22(26)16-7-9-25-10-8-16/h2-13H,1H3/b18-11-. The van der Waals surface area contributed by atoms with Crippen LogP contribution in [0.2, 0.25) is 5.02 Å². The second-order valence-electron chi connectivity index (χ2n) is 5.72. The molecule has 0 aliphatic carbocycles. The highest BCUT2D eigenvalue weighted by Crippen LogP contribution is 2.30. The number of hydrogen-bond donors (Lipinski definition) is 0. The Morgan fingerprint density at radius 1 is 1.07 bits per heavy atom. The molecular formula is C22H15ClN2O3. The van der Waals surface area contributed by atoms with Crippen LogP contribution in [-0.4, -0.2) is 18.1 Å². The first-order valence-corrected chi connectivity index (χ1v) is 8.66. The van der Waals surface area contributed by atoms with E-state index in [9.17, 15) is 10.1 Å². The molecule has 138 valence electrons. The highest BCUT2D eigenvalue weighted by molar-refractivity contribution is 6.30. The molecule has 5 nitrogen and oxygen atoms in total. The number of carbonyl (C=O) groups excluding carboxylic acids is 1. The Kier molecular flexibility index (Phi) is 6.05. The minimum Gasteiger partial charge on any atom is -0.493 e. The average molecular weight is 391 g/mol. The third-order valence-electron chi connectivity index (χ3n) is 3.87. The normalized spacial score (nSPS) is 10.8. The number of benzene rings is 2. The van der Waals surface area contributed by atoms with E-state index >= 15 is 0 Å². The number of aromatic nitrogens is 1. The van der Waals surface area contributed by atoms with E-state index in [0.717, 1.165) is 5.56 Å². The van der Waals surface area contributed by atoms with Gasteiger partial charge in [-0.2, -0.15) is 5.26 Å². The lowest BCUT2D eigenvalue weighted by atomic mass is 10.0. The Hall–Kier alpha value is -3.62. The Bertz CT molecular complexity index is 1070. The number of carbonyl (C=O) groups is 1. The molecule has 0 aliphatic heterocycles. The fourth-order valence-corrected chi connectivity index (χ4v) is 2.70. The number of nitriles is 1. The highest BCUT2D eigenvalue weighted by atomic mass is 35.5. The van der Waals surface area contributed by atoms with Crippen molar-refractivity contribution in [3.05, 3.63) is 88.7 Å². The summed E-state index contributed by atoms with van der Waals surface area (Å²) in [5.74, 6) is 0.142. The third-order valence-corrected chi connectivity index (χ3v) is 4.11. The monoisotopic (exact) mass is 390 g/mol. The zero-order valence-electron chi connectivity index (χ0n) is 14.9. The summed E-state index contributed by atoms with van der Waals surface area (Å²) in [5.41, 5.74) is 2.26. The quantitative estimate of drug-likeness (QED) is 0.264. The minimum absolute atomic E-state index is 0.280. The molecule has 0 aliphatic rings. The number of halogens is 1. The van der Waals surface area contributed by atoms with E-state index in [-0.39, 0.29) is 5.75 Å². The van der Waals surface area contributed by atoms with E-state index in [0.29, 0.717) is 27.5 Å². The van der Waals surface area contributed by atoms with Crippen LogP contribution in [0.3, 0.4) is 0 Å². The van der Waals surface area contributed by atoms with Gasteiger partial charge >= 0.3 is 5.97 Å². The SMILES string of the molecule is COc1cc(/C=C(/C#N)c2cccc(Cl)c2)ccc1OC(=O)c1ccncc1. The van der Waals surface area contributed by atoms with Crippen LogP contribution in [0.25, 0.3) is 11.6 Å². The number of esters is 1. The molecule has 0 fully saturated rings. The molecule has 3 aromatic rings. The molecule has 0 spiro atoms. The molecule has 28 heavy (non-hydrogen) atoms. The molecule has 0 amide bonds. The van der Waals surface area contributed by atoms with Crippen LogP contribution in [-0.2, 0) is 0 Å². The van der Waals surface area contributed by atoms with Crippen molar-refractivity contribution in [2.24, 2.45) is 0 Å². The summed E-state index contributed by atoms with van der Waals surface area (Å²) >= 11 is 6.01. The van der Waals surface area contributed by atoms with Gasteiger partial charge in [-0.3, -0.25) is 4.98 Å². The van der Waals surface area contributed by atoms with Crippen LogP contribution in [0.5, 0.6) is 11.5 Å². The van der Waals surface area contributed by atoms with Crippen molar-refractivity contribution in [3.8, 4) is 17.6 Å². The maximum atomic E-state index is 12.2. The van der Waals surface area contributed by atoms with Crippen LogP contribution in [0, 0.1) is 11.3 Å². The van der Waals surface area contributed by atoms with Gasteiger partial charge in [0.25, 0.3) is 0 Å². The van der Waals surface area contributed by atoms with Gasteiger partial charge in [-0.25, -0.2) is 4.79 Å². The van der Waals surface area contributed by atoms with Gasteiger partial charge in [-0.1, -0.05) is 29.8 Å². The first kappa shape index (κ1) is 19.2. The van der Waals surface area contributed by atoms with E-state index in [2.05, 4.69) is 11.1 Å². The van der Waals surface area contributed by atoms with E-state index in [1.54, 1.807) is 54.6 Å². The first-order valence-electron chi connectivity index (χ1n) is 8.28. The van der Waals surface area contributed by atoms with Crippen molar-refractivity contribution in [2.45, 2.75) is 0 Å². The Morgan fingerprint density at radius 3 is 2.54 bits per heavy atom. The topological polar surface area (TPSA) is 72.2 Å². The lowest BCUT2D eigenvalue weighted by Gasteiger charge is -2.10. The molecule has 6 heteroatoms. The van der Waals surface area contributed by atoms with Crippen molar-refractivity contribution in [1.29, 1.82) is 5.26 Å². The van der Waals surface area contributed by atoms with Crippen molar-refractivity contribution >= 4 is 29.2 Å². The molecule has 0 N–H and O–H groups in total. The van der Waals surface area contributed by atoms with Crippen LogP contribution in [0.15, 0.2) is 67.0 Å².